The number of benzene rings is 1. The van der Waals surface area contributed by atoms with Crippen LogP contribution < -0.4 is 11.1 Å². The minimum absolute atomic E-state index is 0.0667. The third-order valence-corrected chi connectivity index (χ3v) is 1.38. The Labute approximate surface area is 82.5 Å². The number of hydrazone groups is 1. The number of anilines is 1. The van der Waals surface area contributed by atoms with E-state index < -0.39 is 22.6 Å². The lowest BCUT2D eigenvalue weighted by molar-refractivity contribution is -0.485. The lowest BCUT2D eigenvalue weighted by atomic mass is 10.3. The molecule has 1 aromatic carbocycles. The van der Waals surface area contributed by atoms with Crippen molar-refractivity contribution in [3.8, 4) is 0 Å². The van der Waals surface area contributed by atoms with Gasteiger partial charge in [0.15, 0.2) is 16.7 Å². The number of guanidine groups is 1. The van der Waals surface area contributed by atoms with Gasteiger partial charge in [-0.25, -0.2) is 18.9 Å². The number of rotatable bonds is 2. The highest BCUT2D eigenvalue weighted by Gasteiger charge is 2.04. The molecule has 0 bridgehead atoms. The fourth-order valence-electron chi connectivity index (χ4n) is 0.835. The quantitative estimate of drug-likeness (QED) is 0.332. The molecule has 0 aromatic heterocycles. The van der Waals surface area contributed by atoms with Crippen molar-refractivity contribution < 1.29 is 13.8 Å². The van der Waals surface area contributed by atoms with E-state index in [9.17, 15) is 18.9 Å². The maximum atomic E-state index is 12.7. The molecule has 0 fully saturated rings. The zero-order valence-electron chi connectivity index (χ0n) is 7.28. The fraction of sp³-hybridized carbons (Fsp3) is 0. The van der Waals surface area contributed by atoms with Crippen molar-refractivity contribution in [2.75, 3.05) is 5.32 Å². The van der Waals surface area contributed by atoms with E-state index in [0.29, 0.717) is 0 Å². The van der Waals surface area contributed by atoms with E-state index in [2.05, 4.69) is 10.4 Å². The summed E-state index contributed by atoms with van der Waals surface area (Å²) in [7, 11) is 0. The molecule has 0 spiro atoms. The Morgan fingerprint density at radius 2 is 2.13 bits per heavy atom. The highest BCUT2D eigenvalue weighted by Crippen LogP contribution is 2.12. The average molecular weight is 216 g/mol. The number of nitrogens with two attached hydrogens (primary N) is 1. The van der Waals surface area contributed by atoms with Gasteiger partial charge in [-0.15, -0.1) is 0 Å². The van der Waals surface area contributed by atoms with Crippen LogP contribution >= 0.6 is 0 Å². The molecule has 8 heteroatoms. The standard InChI is InChI=1S/C7H6F2N4O2/c8-5-2-1-4(3-6(5)9)11-7(10)12-13(14)15/h1-3H,(H3,10,11,12). The minimum atomic E-state index is -1.09. The molecule has 15 heavy (non-hydrogen) atoms. The molecule has 1 aromatic rings. The summed E-state index contributed by atoms with van der Waals surface area (Å²) in [5.41, 5.74) is 5.14. The second-order valence-corrected chi connectivity index (χ2v) is 2.48. The maximum Gasteiger partial charge on any atom is 0.270 e. The molecule has 0 aliphatic carbocycles. The van der Waals surface area contributed by atoms with Gasteiger partial charge >= 0.3 is 0 Å². The monoisotopic (exact) mass is 216 g/mol. The largest absolute Gasteiger partial charge is 0.364 e. The summed E-state index contributed by atoms with van der Waals surface area (Å²) in [5, 5.41) is 13.8. The van der Waals surface area contributed by atoms with E-state index in [1.54, 1.807) is 0 Å². The van der Waals surface area contributed by atoms with E-state index in [4.69, 9.17) is 5.73 Å². The van der Waals surface area contributed by atoms with E-state index in [1.807, 2.05) is 0 Å². The smallest absolute Gasteiger partial charge is 0.270 e. The second kappa shape index (κ2) is 4.31. The molecular weight excluding hydrogens is 210 g/mol. The summed E-state index contributed by atoms with van der Waals surface area (Å²) in [4.78, 5) is 9.88. The highest BCUT2D eigenvalue weighted by molar-refractivity contribution is 5.91. The van der Waals surface area contributed by atoms with Gasteiger partial charge in [0.25, 0.3) is 5.96 Å². The van der Waals surface area contributed by atoms with Gasteiger partial charge in [-0.2, -0.15) is 0 Å². The molecule has 0 aliphatic rings. The summed E-state index contributed by atoms with van der Waals surface area (Å²) < 4.78 is 25.1. The van der Waals surface area contributed by atoms with Crippen molar-refractivity contribution in [3.63, 3.8) is 0 Å². The maximum absolute atomic E-state index is 12.7. The normalized spacial score (nSPS) is 11.2. The first-order valence-electron chi connectivity index (χ1n) is 3.69. The number of hydrogen-bond acceptors (Lipinski definition) is 2. The summed E-state index contributed by atoms with van der Waals surface area (Å²) in [6.45, 7) is 0. The van der Waals surface area contributed by atoms with Crippen molar-refractivity contribution in [1.82, 2.24) is 0 Å². The molecule has 1 rings (SSSR count). The average Bonchev–Trinajstić information content (AvgIpc) is 2.10. The van der Waals surface area contributed by atoms with Crippen LogP contribution in [-0.4, -0.2) is 11.0 Å². The first-order valence-corrected chi connectivity index (χ1v) is 3.69. The number of nitrogens with one attached hydrogen (secondary N) is 1. The molecule has 0 unspecified atom stereocenters. The van der Waals surface area contributed by atoms with E-state index >= 15 is 0 Å². The third kappa shape index (κ3) is 3.18. The van der Waals surface area contributed by atoms with Gasteiger partial charge in [0, 0.05) is 11.8 Å². The van der Waals surface area contributed by atoms with Crippen LogP contribution in [0.3, 0.4) is 0 Å². The molecule has 80 valence electrons. The SMILES string of the molecule is N/C(=N/[N+](=O)[O-])Nc1ccc(F)c(F)c1. The Hall–Kier alpha value is -2.25. The Bertz CT molecular complexity index is 421. The van der Waals surface area contributed by atoms with Gasteiger partial charge in [-0.3, -0.25) is 0 Å². The van der Waals surface area contributed by atoms with E-state index in [0.717, 1.165) is 12.1 Å². The molecule has 0 saturated heterocycles. The Morgan fingerprint density at radius 3 is 2.67 bits per heavy atom. The van der Waals surface area contributed by atoms with Gasteiger partial charge in [-0.05, 0) is 12.1 Å². The Balaban J connectivity index is 2.82. The van der Waals surface area contributed by atoms with Gasteiger partial charge in [0.2, 0.25) is 0 Å². The van der Waals surface area contributed by atoms with Gasteiger partial charge in [0.1, 0.15) is 5.10 Å². The number of nitro groups is 1. The molecule has 0 aliphatic heterocycles. The number of nitrogens with zero attached hydrogens (tertiary/aromatic N) is 2. The molecule has 0 atom stereocenters. The first-order chi connectivity index (χ1) is 6.99. The van der Waals surface area contributed by atoms with Crippen LogP contribution in [0.4, 0.5) is 14.5 Å². The van der Waals surface area contributed by atoms with Crippen LogP contribution in [0, 0.1) is 21.7 Å². The van der Waals surface area contributed by atoms with Crippen LogP contribution in [0.1, 0.15) is 0 Å². The molecule has 6 nitrogen and oxygen atoms in total. The van der Waals surface area contributed by atoms with Crippen molar-refractivity contribution in [2.45, 2.75) is 0 Å². The molecule has 0 amide bonds. The van der Waals surface area contributed by atoms with Crippen molar-refractivity contribution >= 4 is 11.6 Å². The van der Waals surface area contributed by atoms with Crippen molar-refractivity contribution in [1.29, 1.82) is 0 Å². The third-order valence-electron chi connectivity index (χ3n) is 1.38. The van der Waals surface area contributed by atoms with E-state index in [1.165, 1.54) is 6.07 Å². The first kappa shape index (κ1) is 10.8. The van der Waals surface area contributed by atoms with Crippen LogP contribution in [0.5, 0.6) is 0 Å². The van der Waals surface area contributed by atoms with Crippen LogP contribution in [0.15, 0.2) is 23.3 Å². The Kier molecular flexibility index (Phi) is 3.11. The Morgan fingerprint density at radius 1 is 1.47 bits per heavy atom. The molecular formula is C7H6F2N4O2. The summed E-state index contributed by atoms with van der Waals surface area (Å²) in [6.07, 6.45) is 0. The second-order valence-electron chi connectivity index (χ2n) is 2.48. The summed E-state index contributed by atoms with van der Waals surface area (Å²) in [6, 6.07) is 2.83. The van der Waals surface area contributed by atoms with Crippen molar-refractivity contribution in [3.05, 3.63) is 39.9 Å². The van der Waals surface area contributed by atoms with Crippen molar-refractivity contribution in [2.24, 2.45) is 10.8 Å². The molecule has 0 saturated carbocycles. The number of halogens is 2. The van der Waals surface area contributed by atoms with Crippen LogP contribution in [0.2, 0.25) is 0 Å². The fourth-order valence-corrected chi connectivity index (χ4v) is 0.835. The summed E-state index contributed by atoms with van der Waals surface area (Å²) >= 11 is 0. The predicted molar refractivity (Wildman–Crippen MR) is 48.6 cm³/mol. The van der Waals surface area contributed by atoms with Gasteiger partial charge in [-0.1, -0.05) is 0 Å². The van der Waals surface area contributed by atoms with Crippen LogP contribution in [0.25, 0.3) is 0 Å². The predicted octanol–water partition coefficient (Wildman–Crippen LogP) is 0.883. The molecule has 0 heterocycles. The highest BCUT2D eigenvalue weighted by atomic mass is 19.2. The molecule has 0 radical (unpaired) electrons. The zero-order chi connectivity index (χ0) is 11.4. The zero-order valence-corrected chi connectivity index (χ0v) is 7.28. The van der Waals surface area contributed by atoms with Crippen LogP contribution in [-0.2, 0) is 0 Å². The van der Waals surface area contributed by atoms with Gasteiger partial charge in [0.05, 0.1) is 0 Å². The number of hydrogen-bond donors (Lipinski definition) is 2. The summed E-state index contributed by atoms with van der Waals surface area (Å²) in [5.74, 6) is -2.63. The lowest BCUT2D eigenvalue weighted by Gasteiger charge is -2.02. The molecule has 3 N–H and O–H groups in total. The van der Waals surface area contributed by atoms with Gasteiger partial charge < -0.3 is 11.1 Å². The van der Waals surface area contributed by atoms with E-state index in [-0.39, 0.29) is 5.69 Å². The topological polar surface area (TPSA) is 93.5 Å². The minimum Gasteiger partial charge on any atom is -0.364 e. The lowest BCUT2D eigenvalue weighted by Crippen LogP contribution is -2.23.